The van der Waals surface area contributed by atoms with Gasteiger partial charge in [-0.15, -0.1) is 22.9 Å². The smallest absolute Gasteiger partial charge is 0.415 e. The fourth-order valence-corrected chi connectivity index (χ4v) is 13.2. The number of carboxylic acid groups (broad SMARTS) is 1. The number of hydrogen-bond acceptors (Lipinski definition) is 14. The number of imide groups is 1. The summed E-state index contributed by atoms with van der Waals surface area (Å²) in [4.78, 5) is 130. The quantitative estimate of drug-likeness (QED) is 0.0124. The molecule has 23 nitrogen and oxygen atoms in total. The molecule has 2 aromatic heterocycles. The van der Waals surface area contributed by atoms with Crippen LogP contribution in [0.4, 0.5) is 25.8 Å². The van der Waals surface area contributed by atoms with Gasteiger partial charge in [0.15, 0.2) is 5.75 Å². The van der Waals surface area contributed by atoms with Crippen LogP contribution in [0, 0.1) is 18.3 Å². The van der Waals surface area contributed by atoms with E-state index in [0.29, 0.717) is 49.4 Å². The molecule has 0 spiro atoms. The molecule has 9 amide bonds. The first-order chi connectivity index (χ1) is 43.4. The van der Waals surface area contributed by atoms with Crippen molar-refractivity contribution in [2.24, 2.45) is 17.1 Å². The zero-order chi connectivity index (χ0) is 65.7. The summed E-state index contributed by atoms with van der Waals surface area (Å²) >= 11 is 8.06. The average Bonchev–Trinajstić information content (AvgIpc) is 1.61. The molecule has 3 aliphatic heterocycles. The van der Waals surface area contributed by atoms with Crippen LogP contribution in [-0.2, 0) is 40.1 Å². The summed E-state index contributed by atoms with van der Waals surface area (Å²) < 4.78 is 18.7. The van der Waals surface area contributed by atoms with Gasteiger partial charge in [0.2, 0.25) is 5.91 Å². The topological polar surface area (TPSA) is 287 Å². The van der Waals surface area contributed by atoms with E-state index < -0.39 is 59.4 Å². The molecule has 0 saturated carbocycles. The van der Waals surface area contributed by atoms with Crippen molar-refractivity contribution in [2.75, 3.05) is 88.7 Å². The number of unbranched alkanes of at least 4 members (excludes halogenated alkanes) is 2. The van der Waals surface area contributed by atoms with Crippen molar-refractivity contribution in [3.8, 4) is 11.5 Å². The highest BCUT2D eigenvalue weighted by molar-refractivity contribution is 7.17. The second-order valence-electron chi connectivity index (χ2n) is 24.7. The summed E-state index contributed by atoms with van der Waals surface area (Å²) in [5.74, 6) is -2.78. The Morgan fingerprint density at radius 1 is 0.912 bits per heavy atom. The zero-order valence-corrected chi connectivity index (χ0v) is 54.3. The number of hydrogen-bond donors (Lipinski definition) is 5. The molecule has 0 unspecified atom stereocenters. The molecule has 0 radical (unpaired) electrons. The highest BCUT2D eigenvalue weighted by Crippen LogP contribution is 2.49. The number of aromatic nitrogens is 1. The van der Waals surface area contributed by atoms with E-state index in [9.17, 15) is 48.3 Å². The van der Waals surface area contributed by atoms with Gasteiger partial charge in [0.25, 0.3) is 23.6 Å². The lowest BCUT2D eigenvalue weighted by Crippen LogP contribution is -2.56. The summed E-state index contributed by atoms with van der Waals surface area (Å²) in [7, 11) is 3.18. The lowest BCUT2D eigenvalue weighted by molar-refractivity contribution is -0.141. The molecule has 3 atom stereocenters. The Labute approximate surface area is 538 Å². The number of fused-ring (bicyclic) bond motifs is 4. The molecular formula is C66H83ClN10O13S. The summed E-state index contributed by atoms with van der Waals surface area (Å²) in [6.45, 7) is 13.7. The lowest BCUT2D eigenvalue weighted by Gasteiger charge is -2.34. The Kier molecular flexibility index (Phi) is 23.3. The van der Waals surface area contributed by atoms with E-state index in [4.69, 9.17) is 31.5 Å². The number of aliphatic carboxylic acids is 1. The van der Waals surface area contributed by atoms with Crippen molar-refractivity contribution in [1.29, 1.82) is 0 Å². The van der Waals surface area contributed by atoms with E-state index in [1.807, 2.05) is 50.4 Å². The number of rotatable bonds is 30. The van der Waals surface area contributed by atoms with Crippen molar-refractivity contribution in [3.05, 3.63) is 101 Å². The van der Waals surface area contributed by atoms with E-state index >= 15 is 0 Å². The standard InChI is InChI=1S/C66H83ClN10O13S/c1-41(2)59(71-53(78)15-9-8-10-29-75-54(79)24-25-55(75)80)61(82)77(50(62(83)84)14-13-26-69-63(68)85)47-19-16-43(17-20-47)37-89-64(86)72(6)39-66(4,5)40-73(7)65(87)90-52-34-51-58(57-42(3)38-91-60(52)57)45(35-67)36-76(51)56(81)23-18-46-32-44-33-48(21-22-49(44)70-46)88-31-30-74-27-11-12-28-74/h16-25,32-34,38,41,45,50,59,70H,8-15,26-31,35-37,39-40H2,1-7H3,(H,71,78)(H,83,84)(H3,68,69,85)/b23-18+/t45-,50-,59-/m0/s1. The normalized spacial score (nSPS) is 15.6. The number of halogens is 1. The molecule has 1 fully saturated rings. The Bertz CT molecular complexity index is 3540. The third-order valence-electron chi connectivity index (χ3n) is 16.4. The highest BCUT2D eigenvalue weighted by Gasteiger charge is 2.39. The van der Waals surface area contributed by atoms with E-state index in [1.165, 1.54) is 64.3 Å². The number of aryl methyl sites for hydroxylation is 1. The SMILES string of the molecule is Cc1csc2c(OC(=O)N(C)CC(C)(C)CN(C)C(=O)OCc3ccc(N(C(=O)[C@@H](NC(=O)CCCCCN4C(=O)C=CC4=O)C(C)C)[C@@H](CCCNC(N)=O)C(=O)O)cc3)cc3c(c12)[C@@H](CCl)CN3C(=O)/C=C/c1cc2cc(OCCN3CCCC3)ccc2[nH]1. The Hall–Kier alpha value is -8.48. The minimum atomic E-state index is -1.43. The molecule has 5 heterocycles. The van der Waals surface area contributed by atoms with Gasteiger partial charge in [0.05, 0.1) is 10.4 Å². The second kappa shape index (κ2) is 31.0. The number of carbonyl (C=O) groups excluding carboxylic acids is 8. The van der Waals surface area contributed by atoms with Crippen molar-refractivity contribution in [2.45, 2.75) is 111 Å². The van der Waals surface area contributed by atoms with Crippen molar-refractivity contribution in [3.63, 3.8) is 0 Å². The molecule has 0 bridgehead atoms. The van der Waals surface area contributed by atoms with Crippen LogP contribution in [0.1, 0.15) is 107 Å². The van der Waals surface area contributed by atoms with E-state index in [1.54, 1.807) is 57.1 Å². The van der Waals surface area contributed by atoms with Gasteiger partial charge in [-0.2, -0.15) is 0 Å². The summed E-state index contributed by atoms with van der Waals surface area (Å²) in [6.07, 6.45) is 8.34. The fraction of sp³-hybridized carbons (Fsp3) is 0.470. The number of amides is 9. The molecule has 6 N–H and O–H groups in total. The number of anilines is 2. The zero-order valence-electron chi connectivity index (χ0n) is 52.7. The van der Waals surface area contributed by atoms with Crippen LogP contribution < -0.4 is 35.6 Å². The van der Waals surface area contributed by atoms with Crippen molar-refractivity contribution < 1.29 is 62.5 Å². The van der Waals surface area contributed by atoms with Crippen LogP contribution in [0.25, 0.3) is 27.1 Å². The largest absolute Gasteiger partial charge is 0.492 e. The van der Waals surface area contributed by atoms with Crippen LogP contribution in [0.2, 0.25) is 0 Å². The van der Waals surface area contributed by atoms with Crippen molar-refractivity contribution >= 4 is 115 Å². The highest BCUT2D eigenvalue weighted by atomic mass is 35.5. The number of benzene rings is 3. The number of nitrogens with two attached hydrogens (primary N) is 1. The number of aromatic amines is 1. The number of alkyl halides is 1. The number of primary amides is 1. The number of urea groups is 1. The number of carbonyl (C=O) groups is 9. The molecule has 25 heteroatoms. The van der Waals surface area contributed by atoms with Crippen LogP contribution in [-0.4, -0.2) is 174 Å². The number of nitrogens with one attached hydrogen (secondary N) is 3. The number of thiophene rings is 1. The number of carboxylic acids is 1. The first kappa shape index (κ1) is 68.4. The number of nitrogens with zero attached hydrogens (tertiary/aromatic N) is 6. The van der Waals surface area contributed by atoms with Crippen LogP contribution >= 0.6 is 22.9 Å². The first-order valence-electron chi connectivity index (χ1n) is 30.8. The molecule has 3 aliphatic rings. The molecule has 0 aliphatic carbocycles. The van der Waals surface area contributed by atoms with E-state index in [-0.39, 0.29) is 87.3 Å². The van der Waals surface area contributed by atoms with Gasteiger partial charge in [-0.05, 0) is 129 Å². The molecule has 8 rings (SSSR count). The van der Waals surface area contributed by atoms with Crippen LogP contribution in [0.5, 0.6) is 11.5 Å². The number of ether oxygens (including phenoxy) is 3. The predicted molar refractivity (Wildman–Crippen MR) is 349 cm³/mol. The van der Waals surface area contributed by atoms with Crippen molar-refractivity contribution in [1.82, 2.24) is 35.2 Å². The van der Waals surface area contributed by atoms with Gasteiger partial charge >= 0.3 is 24.2 Å². The maximum Gasteiger partial charge on any atom is 0.415 e. The van der Waals surface area contributed by atoms with Gasteiger partial charge in [0.1, 0.15) is 31.0 Å². The predicted octanol–water partition coefficient (Wildman–Crippen LogP) is 9.13. The maximum atomic E-state index is 14.6. The second-order valence-corrected chi connectivity index (χ2v) is 25.8. The maximum absolute atomic E-state index is 14.6. The molecule has 488 valence electrons. The minimum Gasteiger partial charge on any atom is -0.492 e. The third kappa shape index (κ3) is 17.7. The van der Waals surface area contributed by atoms with Gasteiger partial charge in [0, 0.05) is 129 Å². The average molecular weight is 1290 g/mol. The Morgan fingerprint density at radius 3 is 2.29 bits per heavy atom. The summed E-state index contributed by atoms with van der Waals surface area (Å²) in [6, 6.07) is 12.5. The van der Waals surface area contributed by atoms with Gasteiger partial charge < -0.3 is 55.4 Å². The number of H-pyrrole nitrogens is 1. The molecular weight excluding hydrogens is 1210 g/mol. The molecule has 91 heavy (non-hydrogen) atoms. The number of likely N-dealkylation sites (tertiary alicyclic amines) is 1. The summed E-state index contributed by atoms with van der Waals surface area (Å²) in [5.41, 5.74) is 9.42. The third-order valence-corrected chi connectivity index (χ3v) is 17.9. The van der Waals surface area contributed by atoms with E-state index in [0.717, 1.165) is 73.0 Å². The lowest BCUT2D eigenvalue weighted by atomic mass is 9.92. The van der Waals surface area contributed by atoms with Gasteiger partial charge in [-0.25, -0.2) is 19.2 Å². The molecule has 3 aromatic carbocycles. The monoisotopic (exact) mass is 1290 g/mol. The Balaban J connectivity index is 0.868. The fourth-order valence-electron chi connectivity index (χ4n) is 11.9. The Morgan fingerprint density at radius 2 is 1.62 bits per heavy atom. The molecule has 1 saturated heterocycles. The minimum absolute atomic E-state index is 0.0335. The van der Waals surface area contributed by atoms with Crippen LogP contribution in [0.3, 0.4) is 0 Å². The van der Waals surface area contributed by atoms with Gasteiger partial charge in [-0.3, -0.25) is 38.7 Å². The van der Waals surface area contributed by atoms with Gasteiger partial charge in [-0.1, -0.05) is 46.2 Å². The summed E-state index contributed by atoms with van der Waals surface area (Å²) in [5, 5.41) is 19.6. The first-order valence-corrected chi connectivity index (χ1v) is 32.2. The molecule has 5 aromatic rings. The van der Waals surface area contributed by atoms with Crippen LogP contribution in [0.15, 0.2) is 78.2 Å². The van der Waals surface area contributed by atoms with E-state index in [2.05, 4.69) is 20.5 Å².